The zero-order chi connectivity index (χ0) is 21.4. The topological polar surface area (TPSA) is 81.7 Å². The van der Waals surface area contributed by atoms with Crippen LogP contribution < -0.4 is 10.1 Å². The summed E-state index contributed by atoms with van der Waals surface area (Å²) in [7, 11) is 0. The lowest BCUT2D eigenvalue weighted by molar-refractivity contribution is -0.144. The number of Topliss-reactive ketones (excluding diaryl/α,β-unsaturated/α-hetero) is 1. The number of hydrogen-bond acceptors (Lipinski definition) is 5. The number of carbonyl (C=O) groups is 3. The lowest BCUT2D eigenvalue weighted by Crippen LogP contribution is -2.19. The van der Waals surface area contributed by atoms with Gasteiger partial charge in [0.2, 0.25) is 5.91 Å². The molecule has 1 N–H and O–H groups in total. The molecule has 2 aromatic rings. The molecule has 0 aliphatic heterocycles. The summed E-state index contributed by atoms with van der Waals surface area (Å²) >= 11 is 0. The number of rotatable bonds is 9. The predicted octanol–water partition coefficient (Wildman–Crippen LogP) is 4.09. The summed E-state index contributed by atoms with van der Waals surface area (Å²) in [5.41, 5.74) is 3.05. The number of ketones is 1. The van der Waals surface area contributed by atoms with Gasteiger partial charge >= 0.3 is 5.97 Å². The number of esters is 1. The molecule has 0 aliphatic carbocycles. The van der Waals surface area contributed by atoms with Crippen LogP contribution in [0.25, 0.3) is 0 Å². The van der Waals surface area contributed by atoms with Crippen molar-refractivity contribution in [1.29, 1.82) is 0 Å². The lowest BCUT2D eigenvalue weighted by atomic mass is 10.1. The molecular weight excluding hydrogens is 370 g/mol. The van der Waals surface area contributed by atoms with E-state index < -0.39 is 5.97 Å². The standard InChI is InChI=1S/C23H27NO5/c1-15(2)11-22(26)24-19-8-6-18(7-9-19)20(25)13-29-23(27)14-28-21-10-5-16(3)12-17(21)4/h5-10,12,15H,11,13-14H2,1-4H3,(H,24,26). The Morgan fingerprint density at radius 2 is 1.66 bits per heavy atom. The van der Waals surface area contributed by atoms with Crippen LogP contribution in [-0.2, 0) is 14.3 Å². The first kappa shape index (κ1) is 22.1. The quantitative estimate of drug-likeness (QED) is 0.509. The van der Waals surface area contributed by atoms with Crippen LogP contribution in [0.5, 0.6) is 5.75 Å². The molecule has 29 heavy (non-hydrogen) atoms. The van der Waals surface area contributed by atoms with Gasteiger partial charge in [-0.25, -0.2) is 4.79 Å². The fourth-order valence-electron chi connectivity index (χ4n) is 2.69. The van der Waals surface area contributed by atoms with E-state index in [2.05, 4.69) is 5.32 Å². The molecule has 0 aliphatic rings. The molecule has 2 rings (SSSR count). The van der Waals surface area contributed by atoms with E-state index in [0.717, 1.165) is 11.1 Å². The number of ether oxygens (including phenoxy) is 2. The molecule has 6 nitrogen and oxygen atoms in total. The smallest absolute Gasteiger partial charge is 0.344 e. The van der Waals surface area contributed by atoms with Crippen LogP contribution in [0.2, 0.25) is 0 Å². The highest BCUT2D eigenvalue weighted by atomic mass is 16.6. The highest BCUT2D eigenvalue weighted by molar-refractivity contribution is 5.98. The lowest BCUT2D eigenvalue weighted by Gasteiger charge is -2.10. The van der Waals surface area contributed by atoms with Crippen molar-refractivity contribution in [3.63, 3.8) is 0 Å². The maximum Gasteiger partial charge on any atom is 0.344 e. The van der Waals surface area contributed by atoms with E-state index in [1.165, 1.54) is 0 Å². The summed E-state index contributed by atoms with van der Waals surface area (Å²) in [5, 5.41) is 2.78. The maximum absolute atomic E-state index is 12.2. The third-order valence-electron chi connectivity index (χ3n) is 4.12. The van der Waals surface area contributed by atoms with E-state index in [1.54, 1.807) is 30.3 Å². The van der Waals surface area contributed by atoms with E-state index in [-0.39, 0.29) is 30.8 Å². The van der Waals surface area contributed by atoms with Crippen LogP contribution in [0.15, 0.2) is 42.5 Å². The first-order valence-electron chi connectivity index (χ1n) is 9.53. The van der Waals surface area contributed by atoms with Crippen LogP contribution >= 0.6 is 0 Å². The molecule has 0 heterocycles. The second-order valence-corrected chi connectivity index (χ2v) is 7.36. The average Bonchev–Trinajstić information content (AvgIpc) is 2.65. The van der Waals surface area contributed by atoms with Crippen LogP contribution in [0, 0.1) is 19.8 Å². The van der Waals surface area contributed by atoms with Crippen LogP contribution in [0.4, 0.5) is 5.69 Å². The second kappa shape index (κ2) is 10.4. The van der Waals surface area contributed by atoms with E-state index >= 15 is 0 Å². The molecule has 0 radical (unpaired) electrons. The molecule has 0 fully saturated rings. The zero-order valence-electron chi connectivity index (χ0n) is 17.3. The minimum absolute atomic E-state index is 0.0724. The van der Waals surface area contributed by atoms with Crippen molar-refractivity contribution in [1.82, 2.24) is 0 Å². The number of amides is 1. The largest absolute Gasteiger partial charge is 0.482 e. The summed E-state index contributed by atoms with van der Waals surface area (Å²) in [6.45, 7) is 7.17. The minimum atomic E-state index is -0.615. The molecule has 0 unspecified atom stereocenters. The van der Waals surface area contributed by atoms with Crippen molar-refractivity contribution in [2.24, 2.45) is 5.92 Å². The van der Waals surface area contributed by atoms with E-state index in [4.69, 9.17) is 9.47 Å². The molecule has 1 amide bonds. The summed E-state index contributed by atoms with van der Waals surface area (Å²) in [5.74, 6) is -0.143. The van der Waals surface area contributed by atoms with Crippen molar-refractivity contribution >= 4 is 23.3 Å². The van der Waals surface area contributed by atoms with Gasteiger partial charge in [0, 0.05) is 17.7 Å². The Kier molecular flexibility index (Phi) is 7.95. The zero-order valence-corrected chi connectivity index (χ0v) is 17.3. The summed E-state index contributed by atoms with van der Waals surface area (Å²) in [4.78, 5) is 35.8. The first-order valence-corrected chi connectivity index (χ1v) is 9.53. The van der Waals surface area contributed by atoms with Gasteiger partial charge in [0.05, 0.1) is 0 Å². The number of carbonyl (C=O) groups excluding carboxylic acids is 3. The van der Waals surface area contributed by atoms with Gasteiger partial charge in [-0.15, -0.1) is 0 Å². The molecular formula is C23H27NO5. The highest BCUT2D eigenvalue weighted by Crippen LogP contribution is 2.18. The van der Waals surface area contributed by atoms with Crippen LogP contribution in [0.1, 0.15) is 41.8 Å². The molecule has 2 aromatic carbocycles. The number of benzene rings is 2. The Morgan fingerprint density at radius 1 is 0.966 bits per heavy atom. The van der Waals surface area contributed by atoms with Crippen molar-refractivity contribution in [3.05, 3.63) is 59.2 Å². The Morgan fingerprint density at radius 3 is 2.28 bits per heavy atom. The van der Waals surface area contributed by atoms with Gasteiger partial charge in [-0.1, -0.05) is 31.5 Å². The number of anilines is 1. The minimum Gasteiger partial charge on any atom is -0.482 e. The highest BCUT2D eigenvalue weighted by Gasteiger charge is 2.12. The fraction of sp³-hybridized carbons (Fsp3) is 0.348. The molecule has 0 aromatic heterocycles. The molecule has 0 saturated heterocycles. The average molecular weight is 397 g/mol. The molecule has 0 atom stereocenters. The Labute approximate surface area is 171 Å². The van der Waals surface area contributed by atoms with E-state index in [9.17, 15) is 14.4 Å². The maximum atomic E-state index is 12.2. The number of nitrogens with one attached hydrogen (secondary N) is 1. The number of aryl methyl sites for hydroxylation is 2. The second-order valence-electron chi connectivity index (χ2n) is 7.36. The van der Waals surface area contributed by atoms with Crippen LogP contribution in [-0.4, -0.2) is 30.9 Å². The van der Waals surface area contributed by atoms with Crippen molar-refractivity contribution in [3.8, 4) is 5.75 Å². The van der Waals surface area contributed by atoms with E-state index in [1.807, 2.05) is 39.8 Å². The summed E-state index contributed by atoms with van der Waals surface area (Å²) in [6, 6.07) is 12.1. The normalized spacial score (nSPS) is 10.5. The Balaban J connectivity index is 1.79. The molecule has 0 saturated carbocycles. The summed E-state index contributed by atoms with van der Waals surface area (Å²) < 4.78 is 10.4. The van der Waals surface area contributed by atoms with Gasteiger partial charge in [0.25, 0.3) is 0 Å². The Hall–Kier alpha value is -3.15. The van der Waals surface area contributed by atoms with Gasteiger partial charge in [0.1, 0.15) is 5.75 Å². The van der Waals surface area contributed by atoms with E-state index in [0.29, 0.717) is 23.4 Å². The van der Waals surface area contributed by atoms with Crippen LogP contribution in [0.3, 0.4) is 0 Å². The van der Waals surface area contributed by atoms with Gasteiger partial charge in [-0.2, -0.15) is 0 Å². The Bertz CT molecular complexity index is 871. The molecule has 154 valence electrons. The van der Waals surface area contributed by atoms with Crippen molar-refractivity contribution in [2.45, 2.75) is 34.1 Å². The van der Waals surface area contributed by atoms with Gasteiger partial charge in [-0.05, 0) is 55.7 Å². The van der Waals surface area contributed by atoms with Gasteiger partial charge in [0.15, 0.2) is 19.0 Å². The molecule has 0 spiro atoms. The molecule has 0 bridgehead atoms. The predicted molar refractivity (Wildman–Crippen MR) is 111 cm³/mol. The fourth-order valence-corrected chi connectivity index (χ4v) is 2.69. The third-order valence-corrected chi connectivity index (χ3v) is 4.12. The van der Waals surface area contributed by atoms with Gasteiger partial charge < -0.3 is 14.8 Å². The monoisotopic (exact) mass is 397 g/mol. The number of hydrogen-bond donors (Lipinski definition) is 1. The SMILES string of the molecule is Cc1ccc(OCC(=O)OCC(=O)c2ccc(NC(=O)CC(C)C)cc2)c(C)c1. The van der Waals surface area contributed by atoms with Gasteiger partial charge in [-0.3, -0.25) is 9.59 Å². The van der Waals surface area contributed by atoms with Crippen molar-refractivity contribution in [2.75, 3.05) is 18.5 Å². The first-order chi connectivity index (χ1) is 13.7. The molecule has 6 heteroatoms. The third kappa shape index (κ3) is 7.41. The van der Waals surface area contributed by atoms with Crippen molar-refractivity contribution < 1.29 is 23.9 Å². The summed E-state index contributed by atoms with van der Waals surface area (Å²) in [6.07, 6.45) is 0.431.